The molecule has 1 aromatic rings. The molecule has 0 aliphatic carbocycles. The minimum atomic E-state index is -5.08. The summed E-state index contributed by atoms with van der Waals surface area (Å²) in [6.45, 7) is 3.36. The molecule has 0 atom stereocenters. The number of benzene rings is 1. The monoisotopic (exact) mass is 279 g/mol. The van der Waals surface area contributed by atoms with Gasteiger partial charge in [-0.3, -0.25) is 4.90 Å². The van der Waals surface area contributed by atoms with Crippen molar-refractivity contribution in [3.05, 3.63) is 35.6 Å². The topological polar surface area (TPSA) is 40.5 Å². The largest absolute Gasteiger partial charge is 0.490 e. The Labute approximate surface area is 107 Å². The van der Waals surface area contributed by atoms with E-state index in [9.17, 15) is 17.6 Å². The molecule has 0 amide bonds. The van der Waals surface area contributed by atoms with Crippen LogP contribution in [0, 0.1) is 5.82 Å². The lowest BCUT2D eigenvalue weighted by Gasteiger charge is -2.30. The summed E-state index contributed by atoms with van der Waals surface area (Å²) in [4.78, 5) is 11.3. The van der Waals surface area contributed by atoms with Gasteiger partial charge in [-0.2, -0.15) is 13.2 Å². The number of halogens is 4. The van der Waals surface area contributed by atoms with E-state index in [-0.39, 0.29) is 5.82 Å². The van der Waals surface area contributed by atoms with Gasteiger partial charge in [-0.15, -0.1) is 0 Å². The van der Waals surface area contributed by atoms with Crippen LogP contribution in [0.15, 0.2) is 24.3 Å². The quantitative estimate of drug-likeness (QED) is 0.846. The molecule has 0 unspecified atom stereocenters. The molecule has 19 heavy (non-hydrogen) atoms. The Morgan fingerprint density at radius 1 is 1.21 bits per heavy atom. The molecule has 0 radical (unpaired) electrons. The number of alkyl halides is 3. The molecule has 0 aromatic heterocycles. The first-order valence-electron chi connectivity index (χ1n) is 5.56. The second-order valence-corrected chi connectivity index (χ2v) is 4.06. The number of nitrogens with zero attached hydrogens (tertiary/aromatic N) is 1. The van der Waals surface area contributed by atoms with Crippen LogP contribution in [0.2, 0.25) is 0 Å². The van der Waals surface area contributed by atoms with E-state index in [1.165, 1.54) is 37.2 Å². The van der Waals surface area contributed by atoms with Gasteiger partial charge in [0.2, 0.25) is 0 Å². The van der Waals surface area contributed by atoms with Crippen LogP contribution in [0.3, 0.4) is 0 Å². The van der Waals surface area contributed by atoms with Crippen LogP contribution in [0.25, 0.3) is 0 Å². The maximum Gasteiger partial charge on any atom is 0.490 e. The Morgan fingerprint density at radius 3 is 2.00 bits per heavy atom. The van der Waals surface area contributed by atoms with E-state index >= 15 is 0 Å². The number of hydrogen-bond acceptors (Lipinski definition) is 2. The van der Waals surface area contributed by atoms with Crippen molar-refractivity contribution in [1.82, 2.24) is 4.90 Å². The van der Waals surface area contributed by atoms with Crippen molar-refractivity contribution in [3.8, 4) is 0 Å². The molecule has 1 heterocycles. The molecule has 1 N–H and O–H groups in total. The maximum absolute atomic E-state index is 12.5. The zero-order valence-corrected chi connectivity index (χ0v) is 9.95. The van der Waals surface area contributed by atoms with E-state index < -0.39 is 12.1 Å². The maximum atomic E-state index is 12.5. The number of carbonyl (C=O) groups is 1. The zero-order chi connectivity index (χ0) is 14.5. The van der Waals surface area contributed by atoms with Gasteiger partial charge in [-0.25, -0.2) is 9.18 Å². The van der Waals surface area contributed by atoms with Crippen LogP contribution in [0.4, 0.5) is 17.6 Å². The van der Waals surface area contributed by atoms with Gasteiger partial charge in [0.05, 0.1) is 0 Å². The van der Waals surface area contributed by atoms with Crippen LogP contribution in [-0.2, 0) is 11.3 Å². The molecule has 1 aliphatic heterocycles. The third-order valence-electron chi connectivity index (χ3n) is 2.51. The third-order valence-corrected chi connectivity index (χ3v) is 2.51. The van der Waals surface area contributed by atoms with Gasteiger partial charge in [0, 0.05) is 6.54 Å². The Morgan fingerprint density at radius 2 is 1.68 bits per heavy atom. The molecule has 1 aliphatic rings. The second kappa shape index (κ2) is 6.51. The number of carboxylic acid groups (broad SMARTS) is 1. The van der Waals surface area contributed by atoms with E-state index in [4.69, 9.17) is 9.90 Å². The first-order chi connectivity index (χ1) is 8.79. The van der Waals surface area contributed by atoms with Gasteiger partial charge >= 0.3 is 12.1 Å². The van der Waals surface area contributed by atoms with Crippen LogP contribution in [0.5, 0.6) is 0 Å². The Bertz CT molecular complexity index is 413. The Balaban J connectivity index is 0.000000224. The average molecular weight is 279 g/mol. The summed E-state index contributed by atoms with van der Waals surface area (Å²) in [6, 6.07) is 6.76. The zero-order valence-electron chi connectivity index (χ0n) is 9.95. The summed E-state index contributed by atoms with van der Waals surface area (Å²) in [5, 5.41) is 7.12. The van der Waals surface area contributed by atoms with Crippen molar-refractivity contribution in [1.29, 1.82) is 0 Å². The van der Waals surface area contributed by atoms with Crippen molar-refractivity contribution in [2.75, 3.05) is 13.1 Å². The molecular formula is C12H13F4NO2. The normalized spacial score (nSPS) is 15.2. The van der Waals surface area contributed by atoms with Gasteiger partial charge in [0.15, 0.2) is 0 Å². The molecule has 1 saturated heterocycles. The number of likely N-dealkylation sites (tertiary alicyclic amines) is 1. The smallest absolute Gasteiger partial charge is 0.475 e. The van der Waals surface area contributed by atoms with E-state index in [2.05, 4.69) is 4.90 Å². The number of hydrogen-bond donors (Lipinski definition) is 1. The van der Waals surface area contributed by atoms with Crippen molar-refractivity contribution < 1.29 is 27.5 Å². The summed E-state index contributed by atoms with van der Waals surface area (Å²) < 4.78 is 44.2. The molecule has 2 rings (SSSR count). The highest BCUT2D eigenvalue weighted by Crippen LogP contribution is 2.13. The van der Waals surface area contributed by atoms with Gasteiger partial charge in [-0.05, 0) is 37.2 Å². The summed E-state index contributed by atoms with van der Waals surface area (Å²) in [5.74, 6) is -2.91. The number of carboxylic acids is 1. The predicted octanol–water partition coefficient (Wildman–Crippen LogP) is 2.66. The highest BCUT2D eigenvalue weighted by atomic mass is 19.4. The Kier molecular flexibility index (Phi) is 5.29. The first kappa shape index (κ1) is 15.4. The van der Waals surface area contributed by atoms with Gasteiger partial charge in [0.25, 0.3) is 0 Å². The second-order valence-electron chi connectivity index (χ2n) is 4.06. The van der Waals surface area contributed by atoms with Crippen LogP contribution in [-0.4, -0.2) is 35.2 Å². The lowest BCUT2D eigenvalue weighted by Crippen LogP contribution is -2.36. The van der Waals surface area contributed by atoms with Crippen LogP contribution < -0.4 is 0 Å². The summed E-state index contributed by atoms with van der Waals surface area (Å²) in [5.41, 5.74) is 1.20. The molecule has 1 fully saturated rings. The highest BCUT2D eigenvalue weighted by Gasteiger charge is 2.38. The molecule has 0 saturated carbocycles. The minimum Gasteiger partial charge on any atom is -0.475 e. The van der Waals surface area contributed by atoms with E-state index in [0.29, 0.717) is 0 Å². The molecule has 0 bridgehead atoms. The Hall–Kier alpha value is -1.63. The van der Waals surface area contributed by atoms with E-state index in [1.807, 2.05) is 12.1 Å². The van der Waals surface area contributed by atoms with Crippen LogP contribution in [0.1, 0.15) is 12.0 Å². The average Bonchev–Trinajstić information content (AvgIpc) is 2.25. The molecule has 3 nitrogen and oxygen atoms in total. The fraction of sp³-hybridized carbons (Fsp3) is 0.417. The van der Waals surface area contributed by atoms with Crippen LogP contribution >= 0.6 is 0 Å². The molecule has 7 heteroatoms. The standard InChI is InChI=1S/C10H12FN.C2HF3O2/c11-10-4-2-9(3-5-10)8-12-6-1-7-12;3-2(4,5)1(6)7/h2-5H,1,6-8H2;(H,6,7). The van der Waals surface area contributed by atoms with E-state index in [0.717, 1.165) is 6.54 Å². The highest BCUT2D eigenvalue weighted by molar-refractivity contribution is 5.73. The predicted molar refractivity (Wildman–Crippen MR) is 60.0 cm³/mol. The molecule has 0 spiro atoms. The molecule has 106 valence electrons. The van der Waals surface area contributed by atoms with Crippen molar-refractivity contribution in [2.45, 2.75) is 19.1 Å². The fourth-order valence-electron chi connectivity index (χ4n) is 1.39. The lowest BCUT2D eigenvalue weighted by atomic mass is 10.1. The summed E-state index contributed by atoms with van der Waals surface area (Å²) in [7, 11) is 0. The van der Waals surface area contributed by atoms with Gasteiger partial charge in [0.1, 0.15) is 5.82 Å². The van der Waals surface area contributed by atoms with Crippen molar-refractivity contribution in [2.24, 2.45) is 0 Å². The lowest BCUT2D eigenvalue weighted by molar-refractivity contribution is -0.192. The SMILES string of the molecule is Fc1ccc(CN2CCC2)cc1.O=C(O)C(F)(F)F. The summed E-state index contributed by atoms with van der Waals surface area (Å²) in [6.07, 6.45) is -3.78. The summed E-state index contributed by atoms with van der Waals surface area (Å²) >= 11 is 0. The molecule has 1 aromatic carbocycles. The number of rotatable bonds is 2. The first-order valence-corrected chi connectivity index (χ1v) is 5.56. The fourth-order valence-corrected chi connectivity index (χ4v) is 1.39. The van der Waals surface area contributed by atoms with E-state index in [1.54, 1.807) is 0 Å². The van der Waals surface area contributed by atoms with Gasteiger partial charge in [-0.1, -0.05) is 12.1 Å². The third kappa shape index (κ3) is 5.69. The number of aliphatic carboxylic acids is 1. The molecular weight excluding hydrogens is 266 g/mol. The van der Waals surface area contributed by atoms with Gasteiger partial charge < -0.3 is 5.11 Å². The van der Waals surface area contributed by atoms with Crippen molar-refractivity contribution >= 4 is 5.97 Å². The van der Waals surface area contributed by atoms with Crippen molar-refractivity contribution in [3.63, 3.8) is 0 Å². The minimum absolute atomic E-state index is 0.151.